The summed E-state index contributed by atoms with van der Waals surface area (Å²) >= 11 is 1.26. The fourth-order valence-electron chi connectivity index (χ4n) is 3.25. The summed E-state index contributed by atoms with van der Waals surface area (Å²) in [6.45, 7) is 5.87. The molecule has 30 heavy (non-hydrogen) atoms. The fraction of sp³-hybridized carbons (Fsp3) is 0.125. The Morgan fingerprint density at radius 1 is 1.13 bits per heavy atom. The lowest BCUT2D eigenvalue weighted by molar-refractivity contribution is -0.115. The number of benzene rings is 3. The number of hydrogen-bond acceptors (Lipinski definition) is 4. The zero-order chi connectivity index (χ0) is 21.1. The minimum atomic E-state index is -0.444. The quantitative estimate of drug-likeness (QED) is 0.278. The SMILES string of the molecule is C=CCn1c(S[C@@H](C)C(=O)Nc2ccc3ccccc3c2)nc2ccccc2c1=O. The van der Waals surface area contributed by atoms with Crippen molar-refractivity contribution in [3.8, 4) is 0 Å². The molecule has 6 heteroatoms. The molecule has 1 heterocycles. The highest BCUT2D eigenvalue weighted by Gasteiger charge is 2.19. The molecule has 0 saturated carbocycles. The van der Waals surface area contributed by atoms with Crippen LogP contribution in [0.1, 0.15) is 6.92 Å². The first-order valence-electron chi connectivity index (χ1n) is 9.63. The molecule has 0 aliphatic carbocycles. The van der Waals surface area contributed by atoms with Crippen LogP contribution in [0, 0.1) is 0 Å². The normalized spacial score (nSPS) is 12.0. The number of aromatic nitrogens is 2. The van der Waals surface area contributed by atoms with Crippen LogP contribution in [0.25, 0.3) is 21.7 Å². The number of hydrogen-bond donors (Lipinski definition) is 1. The number of carbonyl (C=O) groups is 1. The fourth-order valence-corrected chi connectivity index (χ4v) is 4.17. The van der Waals surface area contributed by atoms with Crippen LogP contribution in [0.5, 0.6) is 0 Å². The van der Waals surface area contributed by atoms with Crippen molar-refractivity contribution >= 4 is 45.0 Å². The number of carbonyl (C=O) groups excluding carboxylic acids is 1. The Bertz CT molecular complexity index is 1310. The Balaban J connectivity index is 1.59. The molecule has 1 N–H and O–H groups in total. The molecule has 0 bridgehead atoms. The number of nitrogens with one attached hydrogen (secondary N) is 1. The minimum absolute atomic E-state index is 0.134. The number of allylic oxidation sites excluding steroid dienone is 1. The van der Waals surface area contributed by atoms with E-state index < -0.39 is 5.25 Å². The Kier molecular flexibility index (Phi) is 5.68. The van der Waals surface area contributed by atoms with Gasteiger partial charge in [-0.2, -0.15) is 0 Å². The number of rotatable bonds is 6. The standard InChI is InChI=1S/C24H21N3O2S/c1-3-14-27-23(29)20-10-6-7-11-21(20)26-24(27)30-16(2)22(28)25-19-13-12-17-8-4-5-9-18(17)15-19/h3-13,15-16H,1,14H2,2H3,(H,25,28)/t16-/m0/s1. The topological polar surface area (TPSA) is 64.0 Å². The van der Waals surface area contributed by atoms with E-state index in [9.17, 15) is 9.59 Å². The van der Waals surface area contributed by atoms with Gasteiger partial charge in [0.2, 0.25) is 5.91 Å². The van der Waals surface area contributed by atoms with Crippen LogP contribution < -0.4 is 10.9 Å². The zero-order valence-electron chi connectivity index (χ0n) is 16.5. The minimum Gasteiger partial charge on any atom is -0.325 e. The molecule has 0 saturated heterocycles. The molecule has 0 aliphatic rings. The lowest BCUT2D eigenvalue weighted by Gasteiger charge is -2.15. The van der Waals surface area contributed by atoms with E-state index in [0.29, 0.717) is 22.6 Å². The van der Waals surface area contributed by atoms with Crippen molar-refractivity contribution in [3.05, 3.63) is 89.7 Å². The van der Waals surface area contributed by atoms with E-state index in [2.05, 4.69) is 16.9 Å². The van der Waals surface area contributed by atoms with Crippen molar-refractivity contribution in [2.75, 3.05) is 5.32 Å². The Morgan fingerprint density at radius 3 is 2.67 bits per heavy atom. The predicted molar refractivity (Wildman–Crippen MR) is 124 cm³/mol. The molecule has 4 rings (SSSR count). The molecule has 150 valence electrons. The van der Waals surface area contributed by atoms with Gasteiger partial charge in [0.05, 0.1) is 16.2 Å². The average Bonchev–Trinajstić information content (AvgIpc) is 2.76. The van der Waals surface area contributed by atoms with Crippen LogP contribution in [0.2, 0.25) is 0 Å². The first-order chi connectivity index (χ1) is 14.6. The smallest absolute Gasteiger partial charge is 0.262 e. The van der Waals surface area contributed by atoms with Crippen LogP contribution in [-0.2, 0) is 11.3 Å². The highest BCUT2D eigenvalue weighted by atomic mass is 32.2. The van der Waals surface area contributed by atoms with Crippen molar-refractivity contribution in [2.24, 2.45) is 0 Å². The Hall–Kier alpha value is -3.38. The van der Waals surface area contributed by atoms with E-state index in [-0.39, 0.29) is 11.5 Å². The van der Waals surface area contributed by atoms with Gasteiger partial charge >= 0.3 is 0 Å². The third kappa shape index (κ3) is 4.00. The van der Waals surface area contributed by atoms with Gasteiger partial charge < -0.3 is 5.32 Å². The third-order valence-electron chi connectivity index (χ3n) is 4.81. The lowest BCUT2D eigenvalue weighted by Crippen LogP contribution is -2.26. The van der Waals surface area contributed by atoms with E-state index >= 15 is 0 Å². The molecule has 4 aromatic rings. The van der Waals surface area contributed by atoms with Gasteiger partial charge in [-0.1, -0.05) is 60.3 Å². The molecule has 1 amide bonds. The van der Waals surface area contributed by atoms with Crippen molar-refractivity contribution in [1.82, 2.24) is 9.55 Å². The highest BCUT2D eigenvalue weighted by molar-refractivity contribution is 8.00. The van der Waals surface area contributed by atoms with Gasteiger partial charge in [0.15, 0.2) is 5.16 Å². The Morgan fingerprint density at radius 2 is 1.87 bits per heavy atom. The van der Waals surface area contributed by atoms with Gasteiger partial charge in [0.1, 0.15) is 0 Å². The van der Waals surface area contributed by atoms with Gasteiger partial charge in [-0.05, 0) is 42.0 Å². The van der Waals surface area contributed by atoms with Gasteiger partial charge in [0.25, 0.3) is 5.56 Å². The largest absolute Gasteiger partial charge is 0.325 e. The number of thioether (sulfide) groups is 1. The summed E-state index contributed by atoms with van der Waals surface area (Å²) in [6.07, 6.45) is 1.65. The molecule has 1 atom stereocenters. The van der Waals surface area contributed by atoms with E-state index in [1.807, 2.05) is 54.6 Å². The first-order valence-corrected chi connectivity index (χ1v) is 10.5. The van der Waals surface area contributed by atoms with Gasteiger partial charge in [-0.25, -0.2) is 4.98 Å². The first kappa shape index (κ1) is 19.9. The van der Waals surface area contributed by atoms with Crippen LogP contribution in [0.3, 0.4) is 0 Å². The monoisotopic (exact) mass is 415 g/mol. The van der Waals surface area contributed by atoms with Crippen LogP contribution in [0.4, 0.5) is 5.69 Å². The zero-order valence-corrected chi connectivity index (χ0v) is 17.4. The summed E-state index contributed by atoms with van der Waals surface area (Å²) in [4.78, 5) is 30.3. The number of fused-ring (bicyclic) bond motifs is 2. The lowest BCUT2D eigenvalue weighted by atomic mass is 10.1. The molecule has 3 aromatic carbocycles. The van der Waals surface area contributed by atoms with Crippen molar-refractivity contribution in [3.63, 3.8) is 0 Å². The van der Waals surface area contributed by atoms with E-state index in [1.165, 1.54) is 11.8 Å². The summed E-state index contributed by atoms with van der Waals surface area (Å²) in [6, 6.07) is 21.0. The number of para-hydroxylation sites is 1. The molecule has 0 fully saturated rings. The predicted octanol–water partition coefficient (Wildman–Crippen LogP) is 4.86. The van der Waals surface area contributed by atoms with Crippen molar-refractivity contribution in [1.29, 1.82) is 0 Å². The van der Waals surface area contributed by atoms with Gasteiger partial charge in [0, 0.05) is 12.2 Å². The second-order valence-electron chi connectivity index (χ2n) is 6.93. The second kappa shape index (κ2) is 8.55. The van der Waals surface area contributed by atoms with E-state index in [0.717, 1.165) is 16.5 Å². The molecule has 0 aliphatic heterocycles. The molecule has 5 nitrogen and oxygen atoms in total. The highest BCUT2D eigenvalue weighted by Crippen LogP contribution is 2.25. The maximum atomic E-state index is 12.9. The molecular weight excluding hydrogens is 394 g/mol. The second-order valence-corrected chi connectivity index (χ2v) is 8.24. The summed E-state index contributed by atoms with van der Waals surface area (Å²) in [5.41, 5.74) is 1.22. The Labute approximate surface area is 178 Å². The maximum Gasteiger partial charge on any atom is 0.262 e. The molecule has 1 aromatic heterocycles. The summed E-state index contributed by atoms with van der Waals surface area (Å²) in [5.74, 6) is -0.150. The van der Waals surface area contributed by atoms with Crippen LogP contribution >= 0.6 is 11.8 Å². The number of nitrogens with zero attached hydrogens (tertiary/aromatic N) is 2. The number of anilines is 1. The molecule has 0 radical (unpaired) electrons. The van der Waals surface area contributed by atoms with Gasteiger partial charge in [-0.15, -0.1) is 6.58 Å². The van der Waals surface area contributed by atoms with Crippen molar-refractivity contribution in [2.45, 2.75) is 23.9 Å². The van der Waals surface area contributed by atoms with Crippen LogP contribution in [-0.4, -0.2) is 20.7 Å². The maximum absolute atomic E-state index is 12.9. The molecule has 0 spiro atoms. The molecular formula is C24H21N3O2S. The number of amides is 1. The van der Waals surface area contributed by atoms with Crippen LogP contribution in [0.15, 0.2) is 89.3 Å². The summed E-state index contributed by atoms with van der Waals surface area (Å²) < 4.78 is 1.56. The van der Waals surface area contributed by atoms with Crippen molar-refractivity contribution < 1.29 is 4.79 Å². The van der Waals surface area contributed by atoms with Gasteiger partial charge in [-0.3, -0.25) is 14.2 Å². The average molecular weight is 416 g/mol. The van der Waals surface area contributed by atoms with E-state index in [1.54, 1.807) is 29.7 Å². The molecule has 0 unspecified atom stereocenters. The van der Waals surface area contributed by atoms with E-state index in [4.69, 9.17) is 0 Å². The summed E-state index contributed by atoms with van der Waals surface area (Å²) in [7, 11) is 0. The third-order valence-corrected chi connectivity index (χ3v) is 5.90. The summed E-state index contributed by atoms with van der Waals surface area (Å²) in [5, 5.41) is 5.75.